The van der Waals surface area contributed by atoms with Crippen LogP contribution in [0.15, 0.2) is 65.7 Å². The third kappa shape index (κ3) is 7.97. The Bertz CT molecular complexity index is 2020. The number of Topliss-reactive ketones (excluding diaryl/α,β-unsaturated/α-hetero) is 1. The molecule has 1 heterocycles. The fourth-order valence-corrected chi connectivity index (χ4v) is 9.92. The van der Waals surface area contributed by atoms with E-state index in [1.54, 1.807) is 77.1 Å². The van der Waals surface area contributed by atoms with E-state index in [0.29, 0.717) is 5.56 Å². The molecule has 12 atom stereocenters. The van der Waals surface area contributed by atoms with Gasteiger partial charge in [-0.1, -0.05) is 61.9 Å². The summed E-state index contributed by atoms with van der Waals surface area (Å²) < 4.78 is 29.6. The largest absolute Gasteiger partial charge is 0.460 e. The SMILES string of the molecule is CC(=O)O[C@H]1CO[C@@H]2C[C@H](O)[C@@]3(C)C(=O)[C@H](O)C4=C(C)[C@@H](OC(=O)[C@H](O)[C@@H](NC(=O)OC(C)(C)C)c5ccc(C)cc5)C[C@@](O)([C@@H](OC(=O)c5ccccc5)[C@@H]3C12)C4(C)C. The number of aliphatic hydroxyl groups excluding tert-OH is 3. The number of esters is 3. The summed E-state index contributed by atoms with van der Waals surface area (Å²) in [4.78, 5) is 68.8. The number of rotatable bonds is 8. The number of alkyl carbamates (subject to hydrolysis) is 1. The molecule has 326 valence electrons. The Balaban J connectivity index is 1.48. The molecule has 6 rings (SSSR count). The average molecular weight is 836 g/mol. The van der Waals surface area contributed by atoms with Crippen molar-refractivity contribution in [3.8, 4) is 0 Å². The van der Waals surface area contributed by atoms with Crippen LogP contribution in [0.1, 0.15) is 95.8 Å². The number of aryl methyl sites for hydroxylation is 1. The van der Waals surface area contributed by atoms with Crippen molar-refractivity contribution in [1.29, 1.82) is 0 Å². The highest BCUT2D eigenvalue weighted by molar-refractivity contribution is 5.94. The first-order valence-corrected chi connectivity index (χ1v) is 20.3. The molecule has 60 heavy (non-hydrogen) atoms. The van der Waals surface area contributed by atoms with E-state index in [1.807, 2.05) is 6.92 Å². The third-order valence-electron chi connectivity index (χ3n) is 13.1. The Morgan fingerprint density at radius 2 is 1.57 bits per heavy atom. The number of carbonyl (C=O) groups is 5. The molecule has 0 radical (unpaired) electrons. The van der Waals surface area contributed by atoms with Crippen LogP contribution in [-0.2, 0) is 38.1 Å². The van der Waals surface area contributed by atoms with Crippen molar-refractivity contribution in [3.63, 3.8) is 0 Å². The Kier molecular flexibility index (Phi) is 12.2. The Morgan fingerprint density at radius 3 is 2.17 bits per heavy atom. The lowest BCUT2D eigenvalue weighted by Gasteiger charge is -2.62. The van der Waals surface area contributed by atoms with Crippen LogP contribution >= 0.6 is 0 Å². The lowest BCUT2D eigenvalue weighted by Crippen LogP contribution is -2.73. The van der Waals surface area contributed by atoms with Gasteiger partial charge in [0.15, 0.2) is 11.9 Å². The predicted octanol–water partition coefficient (Wildman–Crippen LogP) is 3.81. The van der Waals surface area contributed by atoms with Gasteiger partial charge in [0.25, 0.3) is 0 Å². The van der Waals surface area contributed by atoms with Crippen LogP contribution in [0.4, 0.5) is 4.79 Å². The first-order chi connectivity index (χ1) is 27.9. The summed E-state index contributed by atoms with van der Waals surface area (Å²) >= 11 is 0. The molecule has 3 fully saturated rings. The second-order valence-electron chi connectivity index (χ2n) is 18.4. The quantitative estimate of drug-likeness (QED) is 0.145. The third-order valence-corrected chi connectivity index (χ3v) is 13.1. The molecule has 15 heteroatoms. The number of benzene rings is 2. The van der Waals surface area contributed by atoms with Crippen LogP contribution in [-0.4, -0.2) is 111 Å². The summed E-state index contributed by atoms with van der Waals surface area (Å²) in [6, 6.07) is 13.3. The van der Waals surface area contributed by atoms with Gasteiger partial charge in [-0.3, -0.25) is 9.59 Å². The second-order valence-corrected chi connectivity index (χ2v) is 18.4. The Hall–Kier alpha value is -4.67. The molecule has 1 saturated heterocycles. The Morgan fingerprint density at radius 1 is 0.933 bits per heavy atom. The fraction of sp³-hybridized carbons (Fsp3) is 0.578. The van der Waals surface area contributed by atoms with E-state index in [1.165, 1.54) is 32.9 Å². The van der Waals surface area contributed by atoms with Crippen molar-refractivity contribution >= 4 is 29.8 Å². The van der Waals surface area contributed by atoms with E-state index in [-0.39, 0.29) is 29.7 Å². The standard InChI is InChI=1S/C45H57NO14/c1-22-15-17-25(18-16-22)34(46-41(54)60-42(4,5)6)36(50)40(53)58-28-20-45(55)38(59-39(52)26-13-11-10-12-14-26)33-31-27(56-21-29(31)57-24(3)47)19-30(48)44(33,9)37(51)35(49)32(23(28)2)43(45,7)8/h10-18,27-31,33-36,38,48-50,55H,19-21H2,1-9H3,(H,46,54)/t27-,28+,29+,30+,31?,33+,34+,35-,36-,38+,44-,45-/m1/s1. The normalized spacial score (nSPS) is 33.2. The minimum Gasteiger partial charge on any atom is -0.460 e. The lowest BCUT2D eigenvalue weighted by atomic mass is 9.46. The van der Waals surface area contributed by atoms with E-state index in [4.69, 9.17) is 23.7 Å². The maximum Gasteiger partial charge on any atom is 0.408 e. The van der Waals surface area contributed by atoms with Gasteiger partial charge in [0.1, 0.15) is 35.6 Å². The van der Waals surface area contributed by atoms with Gasteiger partial charge in [0.05, 0.1) is 35.8 Å². The van der Waals surface area contributed by atoms with Crippen molar-refractivity contribution in [2.24, 2.45) is 22.7 Å². The minimum atomic E-state index is -2.30. The number of aliphatic hydroxyl groups is 4. The molecule has 3 aliphatic carbocycles. The number of hydrogen-bond acceptors (Lipinski definition) is 14. The van der Waals surface area contributed by atoms with Gasteiger partial charge < -0.3 is 49.4 Å². The number of nitrogens with one attached hydrogen (secondary N) is 1. The second kappa shape index (κ2) is 16.3. The van der Waals surface area contributed by atoms with Crippen LogP contribution < -0.4 is 5.32 Å². The predicted molar refractivity (Wildman–Crippen MR) is 213 cm³/mol. The molecule has 4 aliphatic rings. The number of ketones is 1. The average Bonchev–Trinajstić information content (AvgIpc) is 3.55. The molecule has 2 aromatic rings. The van der Waals surface area contributed by atoms with Gasteiger partial charge in [-0.15, -0.1) is 0 Å². The zero-order chi connectivity index (χ0) is 44.3. The summed E-state index contributed by atoms with van der Waals surface area (Å²) in [5.74, 6) is -5.90. The smallest absolute Gasteiger partial charge is 0.408 e. The van der Waals surface area contributed by atoms with E-state index >= 15 is 4.79 Å². The van der Waals surface area contributed by atoms with Crippen molar-refractivity contribution in [2.45, 2.75) is 135 Å². The molecule has 1 unspecified atom stereocenters. The minimum absolute atomic E-state index is 0.0375. The molecule has 2 saturated carbocycles. The first-order valence-electron chi connectivity index (χ1n) is 20.3. The summed E-state index contributed by atoms with van der Waals surface area (Å²) in [6.07, 6.45) is -12.0. The van der Waals surface area contributed by atoms with Crippen LogP contribution in [0.2, 0.25) is 0 Å². The molecule has 0 aromatic heterocycles. The molecule has 0 spiro atoms. The summed E-state index contributed by atoms with van der Waals surface area (Å²) in [6.45, 7) is 14.0. The van der Waals surface area contributed by atoms with Crippen LogP contribution in [0.25, 0.3) is 0 Å². The number of fused-ring (bicyclic) bond motifs is 5. The zero-order valence-electron chi connectivity index (χ0n) is 35.5. The molecule has 2 aromatic carbocycles. The van der Waals surface area contributed by atoms with E-state index in [0.717, 1.165) is 5.56 Å². The summed E-state index contributed by atoms with van der Waals surface area (Å²) in [5.41, 5.74) is -5.27. The highest BCUT2D eigenvalue weighted by atomic mass is 16.6. The highest BCUT2D eigenvalue weighted by Crippen LogP contribution is 2.62. The van der Waals surface area contributed by atoms with E-state index in [9.17, 15) is 39.6 Å². The van der Waals surface area contributed by atoms with Gasteiger partial charge in [-0.2, -0.15) is 0 Å². The van der Waals surface area contributed by atoms with Crippen molar-refractivity contribution < 1.29 is 68.1 Å². The van der Waals surface area contributed by atoms with Gasteiger partial charge in [0.2, 0.25) is 0 Å². The number of hydrogen-bond donors (Lipinski definition) is 5. The lowest BCUT2D eigenvalue weighted by molar-refractivity contribution is -0.240. The number of ether oxygens (including phenoxy) is 5. The summed E-state index contributed by atoms with van der Waals surface area (Å²) in [5, 5.41) is 51.9. The van der Waals surface area contributed by atoms with Gasteiger partial charge in [-0.25, -0.2) is 14.4 Å². The van der Waals surface area contributed by atoms with E-state index < -0.39 is 119 Å². The van der Waals surface area contributed by atoms with Crippen LogP contribution in [0.3, 0.4) is 0 Å². The molecule has 2 bridgehead atoms. The number of carbonyl (C=O) groups excluding carboxylic acids is 5. The van der Waals surface area contributed by atoms with Crippen LogP contribution in [0.5, 0.6) is 0 Å². The fourth-order valence-electron chi connectivity index (χ4n) is 9.92. The maximum atomic E-state index is 15.0. The highest BCUT2D eigenvalue weighted by Gasteiger charge is 2.72. The Labute approximate surface area is 349 Å². The zero-order valence-corrected chi connectivity index (χ0v) is 35.5. The van der Waals surface area contributed by atoms with Crippen molar-refractivity contribution in [2.75, 3.05) is 6.61 Å². The monoisotopic (exact) mass is 835 g/mol. The topological polar surface area (TPSA) is 224 Å². The van der Waals surface area contributed by atoms with Gasteiger partial charge in [-0.05, 0) is 70.4 Å². The first kappa shape index (κ1) is 44.9. The molecule has 5 N–H and O–H groups in total. The molecular formula is C45H57NO14. The maximum absolute atomic E-state index is 15.0. The summed E-state index contributed by atoms with van der Waals surface area (Å²) in [7, 11) is 0. The van der Waals surface area contributed by atoms with Crippen LogP contribution in [0, 0.1) is 29.6 Å². The van der Waals surface area contributed by atoms with Crippen molar-refractivity contribution in [1.82, 2.24) is 5.32 Å². The molecule has 15 nitrogen and oxygen atoms in total. The van der Waals surface area contributed by atoms with Gasteiger partial charge >= 0.3 is 24.0 Å². The van der Waals surface area contributed by atoms with E-state index in [2.05, 4.69) is 5.32 Å². The molecule has 1 amide bonds. The number of amides is 1. The molecule has 1 aliphatic heterocycles. The van der Waals surface area contributed by atoms with Crippen molar-refractivity contribution in [3.05, 3.63) is 82.4 Å². The molecular weight excluding hydrogens is 778 g/mol. The van der Waals surface area contributed by atoms with Gasteiger partial charge in [0, 0.05) is 37.0 Å².